The molecule has 1 heterocycles. The van der Waals surface area contributed by atoms with Crippen molar-refractivity contribution in [2.75, 3.05) is 17.2 Å². The number of nitrogen functional groups attached to an aromatic ring is 1. The quantitative estimate of drug-likeness (QED) is 0.737. The van der Waals surface area contributed by atoms with E-state index in [9.17, 15) is 9.59 Å². The van der Waals surface area contributed by atoms with Crippen LogP contribution in [0.25, 0.3) is 0 Å². The fraction of sp³-hybridized carbons (Fsp3) is 0.300. The molecule has 1 unspecified atom stereocenters. The van der Waals surface area contributed by atoms with Gasteiger partial charge in [-0.1, -0.05) is 30.3 Å². The zero-order chi connectivity index (χ0) is 18.7. The number of fused-ring (bicyclic) bond motifs is 1. The van der Waals surface area contributed by atoms with E-state index in [1.807, 2.05) is 49.4 Å². The van der Waals surface area contributed by atoms with Crippen LogP contribution in [0.4, 0.5) is 16.2 Å². The van der Waals surface area contributed by atoms with E-state index < -0.39 is 12.1 Å². The summed E-state index contributed by atoms with van der Waals surface area (Å²) in [4.78, 5) is 26.3. The number of primary amides is 1. The van der Waals surface area contributed by atoms with Gasteiger partial charge in [0.05, 0.1) is 12.5 Å². The number of amides is 3. The van der Waals surface area contributed by atoms with E-state index in [4.69, 9.17) is 11.5 Å². The minimum Gasteiger partial charge on any atom is -0.398 e. The number of nitrogens with zero attached hydrogens (tertiary/aromatic N) is 1. The first-order valence-electron chi connectivity index (χ1n) is 8.76. The van der Waals surface area contributed by atoms with Crippen molar-refractivity contribution >= 4 is 23.3 Å². The molecular weight excluding hydrogens is 328 g/mol. The second-order valence-electron chi connectivity index (χ2n) is 6.62. The van der Waals surface area contributed by atoms with Crippen molar-refractivity contribution in [2.45, 2.75) is 32.2 Å². The highest BCUT2D eigenvalue weighted by molar-refractivity contribution is 5.96. The summed E-state index contributed by atoms with van der Waals surface area (Å²) in [5, 5.41) is 2.71. The lowest BCUT2D eigenvalue weighted by molar-refractivity contribution is -0.119. The highest BCUT2D eigenvalue weighted by atomic mass is 16.2. The van der Waals surface area contributed by atoms with Crippen LogP contribution < -0.4 is 21.7 Å². The number of anilines is 2. The van der Waals surface area contributed by atoms with Gasteiger partial charge in [0.1, 0.15) is 0 Å². The molecule has 5 N–H and O–H groups in total. The number of aryl methyl sites for hydroxylation is 1. The first-order chi connectivity index (χ1) is 12.5. The molecule has 1 aliphatic rings. The summed E-state index contributed by atoms with van der Waals surface area (Å²) in [6, 6.07) is 12.2. The van der Waals surface area contributed by atoms with Crippen LogP contribution in [0.5, 0.6) is 0 Å². The van der Waals surface area contributed by atoms with Gasteiger partial charge >= 0.3 is 6.03 Å². The normalized spacial score (nSPS) is 14.4. The van der Waals surface area contributed by atoms with Crippen LogP contribution in [0.3, 0.4) is 0 Å². The Labute approximate surface area is 153 Å². The first-order valence-corrected chi connectivity index (χ1v) is 8.76. The van der Waals surface area contributed by atoms with Crippen LogP contribution in [0.1, 0.15) is 35.6 Å². The second kappa shape index (κ2) is 7.47. The lowest BCUT2D eigenvalue weighted by Crippen LogP contribution is -2.40. The Hall–Kier alpha value is -3.02. The molecular formula is C20H24N4O2. The highest BCUT2D eigenvalue weighted by Gasteiger charge is 2.27. The van der Waals surface area contributed by atoms with Gasteiger partial charge in [-0.05, 0) is 48.6 Å². The van der Waals surface area contributed by atoms with E-state index >= 15 is 0 Å². The van der Waals surface area contributed by atoms with Gasteiger partial charge in [0.15, 0.2) is 0 Å². The van der Waals surface area contributed by atoms with E-state index in [2.05, 4.69) is 5.32 Å². The summed E-state index contributed by atoms with van der Waals surface area (Å²) in [5.41, 5.74) is 15.9. The van der Waals surface area contributed by atoms with Crippen molar-refractivity contribution in [1.82, 2.24) is 5.32 Å². The minimum absolute atomic E-state index is 0.0569. The molecule has 1 atom stereocenters. The monoisotopic (exact) mass is 352 g/mol. The zero-order valence-electron chi connectivity index (χ0n) is 14.9. The summed E-state index contributed by atoms with van der Waals surface area (Å²) < 4.78 is 0. The lowest BCUT2D eigenvalue weighted by Gasteiger charge is -2.31. The maximum absolute atomic E-state index is 13.0. The van der Waals surface area contributed by atoms with Gasteiger partial charge in [0.25, 0.3) is 0 Å². The average molecular weight is 352 g/mol. The number of nitrogens with two attached hydrogens (primary N) is 2. The number of nitrogens with one attached hydrogen (secondary N) is 1. The van der Waals surface area contributed by atoms with E-state index in [0.717, 1.165) is 35.2 Å². The molecule has 2 aromatic rings. The van der Waals surface area contributed by atoms with E-state index in [-0.39, 0.29) is 12.3 Å². The van der Waals surface area contributed by atoms with Gasteiger partial charge in [0, 0.05) is 17.9 Å². The minimum atomic E-state index is -0.644. The summed E-state index contributed by atoms with van der Waals surface area (Å²) >= 11 is 0. The van der Waals surface area contributed by atoms with Crippen LogP contribution in [-0.4, -0.2) is 18.5 Å². The Bertz CT molecular complexity index is 834. The van der Waals surface area contributed by atoms with Crippen molar-refractivity contribution in [1.29, 1.82) is 0 Å². The van der Waals surface area contributed by atoms with Crippen molar-refractivity contribution in [3.05, 3.63) is 59.2 Å². The van der Waals surface area contributed by atoms with Crippen LogP contribution in [-0.2, 0) is 11.2 Å². The van der Waals surface area contributed by atoms with Gasteiger partial charge in [-0.2, -0.15) is 0 Å². The van der Waals surface area contributed by atoms with Crippen molar-refractivity contribution in [3.8, 4) is 0 Å². The molecule has 6 nitrogen and oxygen atoms in total. The molecule has 2 aromatic carbocycles. The number of carbonyl (C=O) groups is 2. The molecule has 0 radical (unpaired) electrons. The molecule has 0 saturated heterocycles. The summed E-state index contributed by atoms with van der Waals surface area (Å²) in [6.45, 7) is 2.60. The Balaban J connectivity index is 1.87. The molecule has 6 heteroatoms. The first kappa shape index (κ1) is 17.8. The Kier molecular flexibility index (Phi) is 5.11. The Morgan fingerprint density at radius 2 is 1.96 bits per heavy atom. The maximum atomic E-state index is 13.0. The second-order valence-corrected chi connectivity index (χ2v) is 6.62. The molecule has 136 valence electrons. The third kappa shape index (κ3) is 3.64. The molecule has 3 amide bonds. The van der Waals surface area contributed by atoms with E-state index in [0.29, 0.717) is 12.2 Å². The number of benzene rings is 2. The predicted molar refractivity (Wildman–Crippen MR) is 103 cm³/mol. The lowest BCUT2D eigenvalue weighted by atomic mass is 9.96. The largest absolute Gasteiger partial charge is 0.398 e. The molecule has 0 bridgehead atoms. The van der Waals surface area contributed by atoms with Crippen LogP contribution >= 0.6 is 0 Å². The molecule has 26 heavy (non-hydrogen) atoms. The smallest absolute Gasteiger partial charge is 0.312 e. The molecule has 0 fully saturated rings. The fourth-order valence-electron chi connectivity index (χ4n) is 3.58. The van der Waals surface area contributed by atoms with Crippen LogP contribution in [0.2, 0.25) is 0 Å². The molecule has 0 aromatic heterocycles. The maximum Gasteiger partial charge on any atom is 0.312 e. The number of carbonyl (C=O) groups excluding carboxylic acids is 2. The summed E-state index contributed by atoms with van der Waals surface area (Å²) in [5.74, 6) is -0.0569. The van der Waals surface area contributed by atoms with Crippen molar-refractivity contribution in [3.63, 3.8) is 0 Å². The Morgan fingerprint density at radius 1 is 1.19 bits per heavy atom. The van der Waals surface area contributed by atoms with E-state index in [1.165, 1.54) is 0 Å². The zero-order valence-corrected chi connectivity index (χ0v) is 14.9. The number of urea groups is 1. The third-order valence-corrected chi connectivity index (χ3v) is 4.85. The highest BCUT2D eigenvalue weighted by Crippen LogP contribution is 2.32. The number of rotatable bonds is 4. The fourth-order valence-corrected chi connectivity index (χ4v) is 3.58. The van der Waals surface area contributed by atoms with Gasteiger partial charge in [-0.15, -0.1) is 0 Å². The van der Waals surface area contributed by atoms with Crippen molar-refractivity contribution < 1.29 is 9.59 Å². The third-order valence-electron chi connectivity index (χ3n) is 4.85. The van der Waals surface area contributed by atoms with Gasteiger partial charge in [-0.25, -0.2) is 4.79 Å². The standard InChI is InChI=1S/C20H24N4O2/c1-13-6-2-3-7-14(13)17(23-20(22)26)12-19(25)24-11-5-8-15-16(21)9-4-10-18(15)24/h2-4,6-7,9-10,17H,5,8,11-12,21H2,1H3,(H3,22,23,26). The predicted octanol–water partition coefficient (Wildman–Crippen LogP) is 2.66. The van der Waals surface area contributed by atoms with Crippen molar-refractivity contribution in [2.24, 2.45) is 5.73 Å². The molecule has 0 aliphatic carbocycles. The van der Waals surface area contributed by atoms with E-state index in [1.54, 1.807) is 4.90 Å². The van der Waals surface area contributed by atoms with Crippen LogP contribution in [0.15, 0.2) is 42.5 Å². The SMILES string of the molecule is Cc1ccccc1C(CC(=O)N1CCCc2c(N)cccc21)NC(N)=O. The molecule has 0 saturated carbocycles. The van der Waals surface area contributed by atoms with Crippen LogP contribution in [0, 0.1) is 6.92 Å². The molecule has 0 spiro atoms. The van der Waals surface area contributed by atoms with Gasteiger partial charge in [-0.3, -0.25) is 4.79 Å². The van der Waals surface area contributed by atoms with Gasteiger partial charge < -0.3 is 21.7 Å². The summed E-state index contributed by atoms with van der Waals surface area (Å²) in [7, 11) is 0. The number of hydrogen-bond acceptors (Lipinski definition) is 3. The van der Waals surface area contributed by atoms with Gasteiger partial charge in [0.2, 0.25) is 5.91 Å². The molecule has 1 aliphatic heterocycles. The Morgan fingerprint density at radius 3 is 2.69 bits per heavy atom. The number of hydrogen-bond donors (Lipinski definition) is 3. The summed E-state index contributed by atoms with van der Waals surface area (Å²) in [6.07, 6.45) is 1.87. The molecule has 3 rings (SSSR count). The average Bonchev–Trinajstić information content (AvgIpc) is 2.61. The topological polar surface area (TPSA) is 101 Å².